The minimum atomic E-state index is 0.312. The van der Waals surface area contributed by atoms with E-state index in [-0.39, 0.29) is 0 Å². The Bertz CT molecular complexity index is 929. The molecule has 0 spiro atoms. The highest BCUT2D eigenvalue weighted by atomic mass is 35.5. The Morgan fingerprint density at radius 3 is 2.50 bits per heavy atom. The van der Waals surface area contributed by atoms with Crippen LogP contribution in [0.25, 0.3) is 0 Å². The van der Waals surface area contributed by atoms with E-state index in [4.69, 9.17) is 22.0 Å². The second-order valence-corrected chi connectivity index (χ2v) is 8.81. The first-order valence-electron chi connectivity index (χ1n) is 11.8. The molecule has 34 heavy (non-hydrogen) atoms. The minimum absolute atomic E-state index is 0.312. The van der Waals surface area contributed by atoms with Gasteiger partial charge in [-0.3, -0.25) is 15.8 Å². The molecule has 1 unspecified atom stereocenters. The first kappa shape index (κ1) is 29.9. The number of rotatable bonds is 7. The molecule has 0 aromatic heterocycles. The van der Waals surface area contributed by atoms with E-state index in [2.05, 4.69) is 34.2 Å². The second-order valence-electron chi connectivity index (χ2n) is 7.42. The number of halogens is 1. The molecule has 2 aliphatic heterocycles. The number of fused-ring (bicyclic) bond motifs is 1. The third-order valence-corrected chi connectivity index (χ3v) is 6.28. The summed E-state index contributed by atoms with van der Waals surface area (Å²) < 4.78 is 0. The lowest BCUT2D eigenvalue weighted by atomic mass is 10.0. The van der Waals surface area contributed by atoms with Gasteiger partial charge in [0, 0.05) is 40.2 Å². The van der Waals surface area contributed by atoms with Crippen LogP contribution in [0.4, 0.5) is 0 Å². The number of thioether (sulfide) groups is 1. The van der Waals surface area contributed by atoms with Gasteiger partial charge in [-0.05, 0) is 63.9 Å². The van der Waals surface area contributed by atoms with Gasteiger partial charge in [0.25, 0.3) is 0 Å². The van der Waals surface area contributed by atoms with Crippen LogP contribution in [0.3, 0.4) is 0 Å². The number of hydrogen-bond donors (Lipinski definition) is 3. The number of hydrazine groups is 1. The van der Waals surface area contributed by atoms with Gasteiger partial charge in [0.15, 0.2) is 0 Å². The van der Waals surface area contributed by atoms with Crippen molar-refractivity contribution in [3.63, 3.8) is 0 Å². The molecule has 186 valence electrons. The van der Waals surface area contributed by atoms with E-state index in [1.807, 2.05) is 84.2 Å². The summed E-state index contributed by atoms with van der Waals surface area (Å²) in [6.45, 7) is 13.5. The number of aliphatic imine (C=N–C) groups is 1. The third-order valence-electron chi connectivity index (χ3n) is 4.96. The summed E-state index contributed by atoms with van der Waals surface area (Å²) in [5.74, 6) is 1.02. The molecule has 0 bridgehead atoms. The first-order valence-corrected chi connectivity index (χ1v) is 13.0. The van der Waals surface area contributed by atoms with Gasteiger partial charge < -0.3 is 10.3 Å². The van der Waals surface area contributed by atoms with Gasteiger partial charge in [-0.25, -0.2) is 0 Å². The molecule has 0 aliphatic carbocycles. The molecule has 1 fully saturated rings. The number of nitrogens with one attached hydrogen (secondary N) is 3. The molecule has 2 aliphatic rings. The van der Waals surface area contributed by atoms with Crippen LogP contribution < -0.4 is 10.9 Å². The molecule has 0 radical (unpaired) electrons. The third kappa shape index (κ3) is 8.91. The van der Waals surface area contributed by atoms with Gasteiger partial charge >= 0.3 is 0 Å². The molecule has 1 aromatic rings. The molecular formula is C27H40ClN5S. The predicted octanol–water partition coefficient (Wildman–Crippen LogP) is 6.89. The van der Waals surface area contributed by atoms with E-state index in [9.17, 15) is 0 Å². The summed E-state index contributed by atoms with van der Waals surface area (Å²) in [7, 11) is 1.89. The van der Waals surface area contributed by atoms with Gasteiger partial charge in [0.05, 0.1) is 12.3 Å². The number of allylic oxidation sites excluding steroid dienone is 4. The van der Waals surface area contributed by atoms with Crippen molar-refractivity contribution in [2.45, 2.75) is 54.0 Å². The number of amidine groups is 1. The van der Waals surface area contributed by atoms with Crippen LogP contribution in [-0.2, 0) is 0 Å². The summed E-state index contributed by atoms with van der Waals surface area (Å²) in [4.78, 5) is 8.25. The lowest BCUT2D eigenvalue weighted by Crippen LogP contribution is -2.41. The van der Waals surface area contributed by atoms with Gasteiger partial charge in [0.1, 0.15) is 5.84 Å². The predicted molar refractivity (Wildman–Crippen MR) is 153 cm³/mol. The van der Waals surface area contributed by atoms with Crippen LogP contribution in [0.5, 0.6) is 0 Å². The van der Waals surface area contributed by atoms with Crippen molar-refractivity contribution in [1.29, 1.82) is 5.41 Å². The van der Waals surface area contributed by atoms with E-state index in [0.29, 0.717) is 18.3 Å². The van der Waals surface area contributed by atoms with Crippen molar-refractivity contribution in [3.05, 3.63) is 80.7 Å². The average molecular weight is 502 g/mol. The van der Waals surface area contributed by atoms with Crippen molar-refractivity contribution in [2.75, 3.05) is 20.1 Å². The Morgan fingerprint density at radius 1 is 1.24 bits per heavy atom. The Balaban J connectivity index is 0.000000483. The van der Waals surface area contributed by atoms with Crippen LogP contribution in [0.1, 0.15) is 46.6 Å². The zero-order chi connectivity index (χ0) is 25.5. The van der Waals surface area contributed by atoms with Crippen molar-refractivity contribution in [2.24, 2.45) is 4.99 Å². The van der Waals surface area contributed by atoms with E-state index in [1.165, 1.54) is 11.3 Å². The van der Waals surface area contributed by atoms with Crippen LogP contribution >= 0.6 is 23.4 Å². The number of benzene rings is 1. The van der Waals surface area contributed by atoms with Crippen molar-refractivity contribution < 1.29 is 0 Å². The maximum Gasteiger partial charge on any atom is 0.142 e. The SMILES string of the molecule is CC.CC=C(S/C=C\C)C1=NCC(C(=N)/C=C\C)=C2CC(NNC)CN12.Cc1cccc(Cl)c1. The average Bonchev–Trinajstić information content (AvgIpc) is 3.25. The highest BCUT2D eigenvalue weighted by molar-refractivity contribution is 8.06. The van der Waals surface area contributed by atoms with Crippen LogP contribution in [0.15, 0.2) is 75.1 Å². The molecule has 2 heterocycles. The standard InChI is InChI=1S/C18H27N5S.C7H7Cl.C2H6/c1-5-8-15(19)14-11-21-18(17(7-3)24-9-6-2)23-12-13(22-20-4)10-16(14)23;1-6-3-2-4-7(8)5-6;1-2/h5-9,13,19-20,22H,10-12H2,1-4H3;2-5H,1H3;1-2H3/b8-5-,9-6-,17-7?,19-15?;;. The highest BCUT2D eigenvalue weighted by Gasteiger charge is 2.35. The van der Waals surface area contributed by atoms with E-state index in [0.717, 1.165) is 34.3 Å². The second kappa shape index (κ2) is 16.5. The molecule has 1 aromatic carbocycles. The van der Waals surface area contributed by atoms with Crippen molar-refractivity contribution >= 4 is 34.9 Å². The normalized spacial score (nSPS) is 17.8. The lowest BCUT2D eigenvalue weighted by molar-refractivity contribution is 0.453. The van der Waals surface area contributed by atoms with Crippen LogP contribution in [-0.4, -0.2) is 42.6 Å². The molecule has 1 saturated heterocycles. The van der Waals surface area contributed by atoms with E-state index in [1.54, 1.807) is 11.8 Å². The van der Waals surface area contributed by atoms with Crippen molar-refractivity contribution in [1.82, 2.24) is 15.8 Å². The van der Waals surface area contributed by atoms with E-state index >= 15 is 0 Å². The fourth-order valence-corrected chi connectivity index (χ4v) is 4.53. The Hall–Kier alpha value is -2.12. The summed E-state index contributed by atoms with van der Waals surface area (Å²) >= 11 is 7.34. The fourth-order valence-electron chi connectivity index (χ4n) is 3.59. The Kier molecular flexibility index (Phi) is 14.5. The zero-order valence-electron chi connectivity index (χ0n) is 21.6. The maximum absolute atomic E-state index is 8.32. The van der Waals surface area contributed by atoms with Crippen LogP contribution in [0.2, 0.25) is 5.02 Å². The topological polar surface area (TPSA) is 63.5 Å². The summed E-state index contributed by atoms with van der Waals surface area (Å²) in [6.07, 6.45) is 8.82. The minimum Gasteiger partial charge on any atom is -0.327 e. The molecule has 5 nitrogen and oxygen atoms in total. The Labute approximate surface area is 215 Å². The van der Waals surface area contributed by atoms with E-state index < -0.39 is 0 Å². The molecule has 0 saturated carbocycles. The first-order chi connectivity index (χ1) is 16.4. The van der Waals surface area contributed by atoms with Gasteiger partial charge in [-0.1, -0.05) is 67.6 Å². The number of aryl methyl sites for hydroxylation is 1. The molecule has 7 heteroatoms. The summed E-state index contributed by atoms with van der Waals surface area (Å²) in [5, 5.41) is 11.2. The van der Waals surface area contributed by atoms with Gasteiger partial charge in [-0.15, -0.1) is 0 Å². The molecule has 1 atom stereocenters. The van der Waals surface area contributed by atoms with Crippen molar-refractivity contribution in [3.8, 4) is 0 Å². The highest BCUT2D eigenvalue weighted by Crippen LogP contribution is 2.34. The quantitative estimate of drug-likeness (QED) is 0.281. The molecule has 3 rings (SSSR count). The maximum atomic E-state index is 8.32. The monoisotopic (exact) mass is 501 g/mol. The Morgan fingerprint density at radius 2 is 1.97 bits per heavy atom. The summed E-state index contributed by atoms with van der Waals surface area (Å²) in [5.41, 5.74) is 10.4. The molecular weight excluding hydrogens is 462 g/mol. The van der Waals surface area contributed by atoms with Gasteiger partial charge in [0.2, 0.25) is 0 Å². The number of nitrogens with zero attached hydrogens (tertiary/aromatic N) is 2. The molecule has 3 N–H and O–H groups in total. The summed E-state index contributed by atoms with van der Waals surface area (Å²) in [6, 6.07) is 8.08. The lowest BCUT2D eigenvalue weighted by Gasteiger charge is -2.29. The van der Waals surface area contributed by atoms with Gasteiger partial charge in [-0.2, -0.15) is 0 Å². The smallest absolute Gasteiger partial charge is 0.142 e. The number of hydrogen-bond acceptors (Lipinski definition) is 6. The zero-order valence-corrected chi connectivity index (χ0v) is 23.1. The fraction of sp³-hybridized carbons (Fsp3) is 0.407. The largest absolute Gasteiger partial charge is 0.327 e. The molecule has 0 amide bonds. The van der Waals surface area contributed by atoms with Crippen LogP contribution in [0, 0.1) is 12.3 Å².